The zero-order valence-corrected chi connectivity index (χ0v) is 19.9. The molecular weight excluding hydrogens is 394 g/mol. The molecular formula is C28H39N3O. The molecule has 2 aromatic rings. The SMILES string of the molecule is Cc1cc(C)cc(CNC(=O)[C@@H]2C[C@H](CN3CCCC3)CN(CCc3ccccc3)C2)c1. The molecule has 0 unspecified atom stereocenters. The number of nitrogens with zero attached hydrogens (tertiary/aromatic N) is 2. The molecule has 2 aliphatic rings. The van der Waals surface area contributed by atoms with E-state index in [1.165, 1.54) is 48.2 Å². The maximum atomic E-state index is 13.2. The molecule has 2 saturated heterocycles. The zero-order chi connectivity index (χ0) is 22.3. The summed E-state index contributed by atoms with van der Waals surface area (Å²) < 4.78 is 0. The molecule has 4 heteroatoms. The van der Waals surface area contributed by atoms with E-state index in [1.807, 2.05) is 0 Å². The molecule has 4 rings (SSSR count). The Bertz CT molecular complexity index is 855. The summed E-state index contributed by atoms with van der Waals surface area (Å²) >= 11 is 0. The van der Waals surface area contributed by atoms with Crippen molar-refractivity contribution in [2.24, 2.45) is 11.8 Å². The minimum Gasteiger partial charge on any atom is -0.352 e. The van der Waals surface area contributed by atoms with Gasteiger partial charge < -0.3 is 15.1 Å². The van der Waals surface area contributed by atoms with Gasteiger partial charge in [0.05, 0.1) is 5.92 Å². The maximum Gasteiger partial charge on any atom is 0.224 e. The lowest BCUT2D eigenvalue weighted by Gasteiger charge is -2.38. The van der Waals surface area contributed by atoms with Crippen LogP contribution in [0.15, 0.2) is 48.5 Å². The Balaban J connectivity index is 1.37. The molecule has 0 aliphatic carbocycles. The first-order valence-corrected chi connectivity index (χ1v) is 12.4. The van der Waals surface area contributed by atoms with Crippen molar-refractivity contribution in [3.05, 3.63) is 70.8 Å². The number of nitrogens with one attached hydrogen (secondary N) is 1. The van der Waals surface area contributed by atoms with Gasteiger partial charge in [-0.05, 0) is 69.7 Å². The number of carbonyl (C=O) groups excluding carboxylic acids is 1. The normalized spacial score (nSPS) is 22.2. The third-order valence-corrected chi connectivity index (χ3v) is 7.01. The number of hydrogen-bond donors (Lipinski definition) is 1. The predicted molar refractivity (Wildman–Crippen MR) is 132 cm³/mol. The van der Waals surface area contributed by atoms with E-state index < -0.39 is 0 Å². The van der Waals surface area contributed by atoms with Gasteiger partial charge in [0.25, 0.3) is 0 Å². The zero-order valence-electron chi connectivity index (χ0n) is 19.9. The second-order valence-corrected chi connectivity index (χ2v) is 10.0. The molecule has 2 fully saturated rings. The van der Waals surface area contributed by atoms with E-state index in [4.69, 9.17) is 0 Å². The van der Waals surface area contributed by atoms with Gasteiger partial charge in [0.2, 0.25) is 5.91 Å². The molecule has 0 bridgehead atoms. The lowest BCUT2D eigenvalue weighted by Crippen LogP contribution is -2.49. The van der Waals surface area contributed by atoms with Crippen molar-refractivity contribution >= 4 is 5.91 Å². The Labute approximate surface area is 194 Å². The summed E-state index contributed by atoms with van der Waals surface area (Å²) in [6.45, 7) is 11.5. The molecule has 1 amide bonds. The van der Waals surface area contributed by atoms with Crippen molar-refractivity contribution in [3.63, 3.8) is 0 Å². The number of hydrogen-bond acceptors (Lipinski definition) is 3. The van der Waals surface area contributed by atoms with Gasteiger partial charge in [-0.15, -0.1) is 0 Å². The lowest BCUT2D eigenvalue weighted by molar-refractivity contribution is -0.127. The monoisotopic (exact) mass is 433 g/mol. The van der Waals surface area contributed by atoms with Crippen molar-refractivity contribution in [1.82, 2.24) is 15.1 Å². The summed E-state index contributed by atoms with van der Waals surface area (Å²) in [4.78, 5) is 18.3. The molecule has 32 heavy (non-hydrogen) atoms. The summed E-state index contributed by atoms with van der Waals surface area (Å²) in [5.41, 5.74) is 5.08. The lowest BCUT2D eigenvalue weighted by atomic mass is 9.87. The Morgan fingerprint density at radius 1 is 0.938 bits per heavy atom. The molecule has 2 atom stereocenters. The highest BCUT2D eigenvalue weighted by atomic mass is 16.1. The number of amides is 1. The van der Waals surface area contributed by atoms with Gasteiger partial charge in [-0.25, -0.2) is 0 Å². The highest BCUT2D eigenvalue weighted by molar-refractivity contribution is 5.79. The quantitative estimate of drug-likeness (QED) is 0.678. The van der Waals surface area contributed by atoms with Gasteiger partial charge in [0.15, 0.2) is 0 Å². The van der Waals surface area contributed by atoms with Crippen LogP contribution in [0.5, 0.6) is 0 Å². The molecule has 0 aromatic heterocycles. The van der Waals surface area contributed by atoms with Crippen molar-refractivity contribution < 1.29 is 4.79 Å². The molecule has 0 radical (unpaired) electrons. The first-order chi connectivity index (χ1) is 15.5. The summed E-state index contributed by atoms with van der Waals surface area (Å²) in [5.74, 6) is 0.882. The third kappa shape index (κ3) is 6.66. The standard InChI is InChI=1S/C28H39N3O/c1-22-14-23(2)16-25(15-22)18-29-28(32)27-17-26(19-30-11-6-7-12-30)20-31(21-27)13-10-24-8-4-3-5-9-24/h3-5,8-9,14-16,26-27H,6-7,10-13,17-21H2,1-2H3,(H,29,32)/t26-,27-/m1/s1. The van der Waals surface area contributed by atoms with Gasteiger partial charge in [0.1, 0.15) is 0 Å². The first-order valence-electron chi connectivity index (χ1n) is 12.4. The van der Waals surface area contributed by atoms with E-state index in [0.29, 0.717) is 12.5 Å². The van der Waals surface area contributed by atoms with E-state index in [-0.39, 0.29) is 11.8 Å². The predicted octanol–water partition coefficient (Wildman–Crippen LogP) is 4.20. The smallest absolute Gasteiger partial charge is 0.224 e. The molecule has 2 heterocycles. The molecule has 172 valence electrons. The van der Waals surface area contributed by atoms with Crippen LogP contribution in [0.2, 0.25) is 0 Å². The van der Waals surface area contributed by atoms with Crippen LogP contribution in [0.3, 0.4) is 0 Å². The second-order valence-electron chi connectivity index (χ2n) is 10.0. The average molecular weight is 434 g/mol. The largest absolute Gasteiger partial charge is 0.352 e. The van der Waals surface area contributed by atoms with Crippen LogP contribution in [-0.2, 0) is 17.8 Å². The minimum atomic E-state index is 0.0815. The number of piperidine rings is 1. The Kier molecular flexibility index (Phi) is 7.99. The van der Waals surface area contributed by atoms with E-state index in [0.717, 1.165) is 39.0 Å². The van der Waals surface area contributed by atoms with Crippen molar-refractivity contribution in [2.45, 2.75) is 46.1 Å². The minimum absolute atomic E-state index is 0.0815. The van der Waals surface area contributed by atoms with Gasteiger partial charge >= 0.3 is 0 Å². The van der Waals surface area contributed by atoms with Crippen LogP contribution in [0.1, 0.15) is 41.5 Å². The van der Waals surface area contributed by atoms with Gasteiger partial charge in [-0.3, -0.25) is 4.79 Å². The molecule has 0 saturated carbocycles. The summed E-state index contributed by atoms with van der Waals surface area (Å²) in [7, 11) is 0. The van der Waals surface area contributed by atoms with Crippen LogP contribution in [0.25, 0.3) is 0 Å². The summed E-state index contributed by atoms with van der Waals surface area (Å²) in [6.07, 6.45) is 4.71. The molecule has 4 nitrogen and oxygen atoms in total. The van der Waals surface area contributed by atoms with Crippen LogP contribution in [0.4, 0.5) is 0 Å². The topological polar surface area (TPSA) is 35.6 Å². The van der Waals surface area contributed by atoms with Gasteiger partial charge in [0, 0.05) is 32.7 Å². The molecule has 2 aromatic carbocycles. The van der Waals surface area contributed by atoms with Crippen molar-refractivity contribution in [2.75, 3.05) is 39.3 Å². The fraction of sp³-hybridized carbons (Fsp3) is 0.536. The first kappa shape index (κ1) is 23.0. The fourth-order valence-corrected chi connectivity index (χ4v) is 5.57. The van der Waals surface area contributed by atoms with Crippen LogP contribution in [0, 0.1) is 25.7 Å². The van der Waals surface area contributed by atoms with E-state index >= 15 is 0 Å². The maximum absolute atomic E-state index is 13.2. The highest BCUT2D eigenvalue weighted by Gasteiger charge is 2.32. The van der Waals surface area contributed by atoms with E-state index in [2.05, 4.69) is 77.5 Å². The van der Waals surface area contributed by atoms with Gasteiger partial charge in [-0.1, -0.05) is 59.7 Å². The third-order valence-electron chi connectivity index (χ3n) is 7.01. The Hall–Kier alpha value is -2.17. The second kappa shape index (κ2) is 11.1. The van der Waals surface area contributed by atoms with E-state index in [1.54, 1.807) is 0 Å². The van der Waals surface area contributed by atoms with Gasteiger partial charge in [-0.2, -0.15) is 0 Å². The van der Waals surface area contributed by atoms with Crippen molar-refractivity contribution in [1.29, 1.82) is 0 Å². The molecule has 2 aliphatic heterocycles. The Morgan fingerprint density at radius 3 is 2.38 bits per heavy atom. The van der Waals surface area contributed by atoms with Crippen LogP contribution >= 0.6 is 0 Å². The summed E-state index contributed by atoms with van der Waals surface area (Å²) in [6, 6.07) is 17.3. The number of aryl methyl sites for hydroxylation is 2. The van der Waals surface area contributed by atoms with Crippen LogP contribution < -0.4 is 5.32 Å². The number of rotatable bonds is 8. The molecule has 1 N–H and O–H groups in total. The molecule has 0 spiro atoms. The average Bonchev–Trinajstić information content (AvgIpc) is 3.29. The number of carbonyl (C=O) groups is 1. The Morgan fingerprint density at radius 2 is 1.66 bits per heavy atom. The van der Waals surface area contributed by atoms with Crippen molar-refractivity contribution in [3.8, 4) is 0 Å². The number of likely N-dealkylation sites (tertiary alicyclic amines) is 2. The fourth-order valence-electron chi connectivity index (χ4n) is 5.57. The number of benzene rings is 2. The van der Waals surface area contributed by atoms with E-state index in [9.17, 15) is 4.79 Å². The van der Waals surface area contributed by atoms with Crippen LogP contribution in [-0.4, -0.2) is 55.0 Å². The highest BCUT2D eigenvalue weighted by Crippen LogP contribution is 2.25. The summed E-state index contributed by atoms with van der Waals surface area (Å²) in [5, 5.41) is 3.25.